The molecular formula is C26H31N5O2. The first-order chi connectivity index (χ1) is 16.1. The van der Waals surface area contributed by atoms with Crippen LogP contribution in [0, 0.1) is 18.8 Å². The first-order valence-electron chi connectivity index (χ1n) is 12.0. The zero-order valence-electron chi connectivity index (χ0n) is 19.2. The molecule has 2 aromatic heterocycles. The minimum absolute atomic E-state index is 0.0160. The number of fused-ring (bicyclic) bond motifs is 1. The van der Waals surface area contributed by atoms with Crippen LogP contribution in [0.2, 0.25) is 0 Å². The highest BCUT2D eigenvalue weighted by Gasteiger charge is 2.36. The minimum Gasteiger partial charge on any atom is -0.338 e. The third-order valence-corrected chi connectivity index (χ3v) is 7.15. The molecule has 0 aliphatic carbocycles. The second-order valence-corrected chi connectivity index (χ2v) is 9.44. The van der Waals surface area contributed by atoms with Gasteiger partial charge < -0.3 is 9.80 Å². The van der Waals surface area contributed by atoms with Crippen LogP contribution in [-0.2, 0) is 11.3 Å². The molecule has 0 unspecified atom stereocenters. The number of hydrogen-bond donors (Lipinski definition) is 0. The van der Waals surface area contributed by atoms with E-state index in [0.717, 1.165) is 44.2 Å². The summed E-state index contributed by atoms with van der Waals surface area (Å²) in [5.41, 5.74) is 3.33. The number of piperidine rings is 1. The maximum atomic E-state index is 13.5. The van der Waals surface area contributed by atoms with Crippen LogP contribution in [-0.4, -0.2) is 55.8 Å². The van der Waals surface area contributed by atoms with Gasteiger partial charge in [0.2, 0.25) is 5.91 Å². The fourth-order valence-corrected chi connectivity index (χ4v) is 5.33. The predicted octanol–water partition coefficient (Wildman–Crippen LogP) is 3.72. The average Bonchev–Trinajstić information content (AvgIpc) is 3.17. The van der Waals surface area contributed by atoms with Crippen molar-refractivity contribution in [3.63, 3.8) is 0 Å². The van der Waals surface area contributed by atoms with Crippen molar-refractivity contribution in [2.45, 2.75) is 45.6 Å². The van der Waals surface area contributed by atoms with Gasteiger partial charge in [-0.05, 0) is 49.7 Å². The molecule has 1 atom stereocenters. The van der Waals surface area contributed by atoms with E-state index in [2.05, 4.69) is 27.1 Å². The lowest BCUT2D eigenvalue weighted by Crippen LogP contribution is -2.44. The molecule has 172 valence electrons. The van der Waals surface area contributed by atoms with Crippen LogP contribution in [0.5, 0.6) is 0 Å². The molecule has 5 rings (SSSR count). The van der Waals surface area contributed by atoms with Crippen LogP contribution in [0.3, 0.4) is 0 Å². The van der Waals surface area contributed by atoms with Crippen molar-refractivity contribution in [2.75, 3.05) is 19.6 Å². The summed E-state index contributed by atoms with van der Waals surface area (Å²) in [6.45, 7) is 4.83. The van der Waals surface area contributed by atoms with Crippen molar-refractivity contribution in [1.29, 1.82) is 0 Å². The van der Waals surface area contributed by atoms with Gasteiger partial charge in [0.25, 0.3) is 5.91 Å². The maximum absolute atomic E-state index is 13.5. The Kier molecular flexibility index (Phi) is 6.11. The van der Waals surface area contributed by atoms with Gasteiger partial charge in [-0.2, -0.15) is 5.10 Å². The number of carbonyl (C=O) groups is 2. The van der Waals surface area contributed by atoms with Gasteiger partial charge in [0.15, 0.2) is 5.65 Å². The molecule has 33 heavy (non-hydrogen) atoms. The Labute approximate surface area is 194 Å². The Bertz CT molecular complexity index is 1130. The van der Waals surface area contributed by atoms with Crippen LogP contribution in [0.25, 0.3) is 5.65 Å². The van der Waals surface area contributed by atoms with Gasteiger partial charge >= 0.3 is 0 Å². The number of carbonyl (C=O) groups excluding carboxylic acids is 2. The first-order valence-corrected chi connectivity index (χ1v) is 12.0. The quantitative estimate of drug-likeness (QED) is 0.614. The van der Waals surface area contributed by atoms with Crippen LogP contribution in [0.15, 0.2) is 48.9 Å². The third-order valence-electron chi connectivity index (χ3n) is 7.15. The molecule has 0 saturated carbocycles. The van der Waals surface area contributed by atoms with E-state index in [4.69, 9.17) is 0 Å². The normalized spacial score (nSPS) is 20.3. The van der Waals surface area contributed by atoms with Crippen molar-refractivity contribution in [2.24, 2.45) is 11.8 Å². The summed E-state index contributed by atoms with van der Waals surface area (Å²) in [6, 6.07) is 10.3. The predicted molar refractivity (Wildman–Crippen MR) is 126 cm³/mol. The molecule has 0 spiro atoms. The van der Waals surface area contributed by atoms with Crippen molar-refractivity contribution in [1.82, 2.24) is 24.4 Å². The summed E-state index contributed by atoms with van der Waals surface area (Å²) in [7, 11) is 0. The maximum Gasteiger partial charge on any atom is 0.259 e. The lowest BCUT2D eigenvalue weighted by atomic mass is 9.81. The van der Waals surface area contributed by atoms with E-state index in [1.54, 1.807) is 16.9 Å². The van der Waals surface area contributed by atoms with Gasteiger partial charge in [-0.3, -0.25) is 9.59 Å². The van der Waals surface area contributed by atoms with Gasteiger partial charge in [0.1, 0.15) is 5.56 Å². The Morgan fingerprint density at radius 1 is 1.03 bits per heavy atom. The van der Waals surface area contributed by atoms with Crippen molar-refractivity contribution >= 4 is 17.5 Å². The fourth-order valence-electron chi connectivity index (χ4n) is 5.33. The number of likely N-dealkylation sites (tertiary alicyclic amines) is 2. The van der Waals surface area contributed by atoms with Gasteiger partial charge in [0.05, 0.1) is 6.20 Å². The first kappa shape index (κ1) is 21.6. The summed E-state index contributed by atoms with van der Waals surface area (Å²) in [4.78, 5) is 35.0. The second kappa shape index (κ2) is 9.33. The van der Waals surface area contributed by atoms with E-state index in [0.29, 0.717) is 42.7 Å². The monoisotopic (exact) mass is 445 g/mol. The number of nitrogens with zero attached hydrogens (tertiary/aromatic N) is 5. The van der Waals surface area contributed by atoms with Crippen LogP contribution < -0.4 is 0 Å². The molecule has 3 aromatic rings. The molecule has 0 bridgehead atoms. The standard InChI is InChI=1S/C26H31N5O2/c1-19-15-27-24-23(16-28-31(24)17-19)26(33)29-13-10-21(11-14-29)22-9-5-6-12-30(25(22)32)18-20-7-3-2-4-8-20/h2-4,7-8,15-17,21-22H,5-6,9-14,18H2,1H3/t22-/m1/s1. The number of aromatic nitrogens is 3. The highest BCUT2D eigenvalue weighted by molar-refractivity contribution is 5.99. The fraction of sp³-hybridized carbons (Fsp3) is 0.462. The highest BCUT2D eigenvalue weighted by Crippen LogP contribution is 2.33. The number of hydrogen-bond acceptors (Lipinski definition) is 4. The summed E-state index contributed by atoms with van der Waals surface area (Å²) >= 11 is 0. The Balaban J connectivity index is 1.24. The highest BCUT2D eigenvalue weighted by atomic mass is 16.2. The molecular weight excluding hydrogens is 414 g/mol. The third kappa shape index (κ3) is 4.49. The second-order valence-electron chi connectivity index (χ2n) is 9.44. The SMILES string of the molecule is Cc1cnc2c(C(=O)N3CCC([C@H]4CCCCN(Cc5ccccc5)C4=O)CC3)cnn2c1. The van der Waals surface area contributed by atoms with E-state index < -0.39 is 0 Å². The Morgan fingerprint density at radius 3 is 2.61 bits per heavy atom. The lowest BCUT2D eigenvalue weighted by Gasteiger charge is -2.36. The largest absolute Gasteiger partial charge is 0.338 e. The summed E-state index contributed by atoms with van der Waals surface area (Å²) in [5.74, 6) is 0.679. The van der Waals surface area contributed by atoms with Crippen LogP contribution in [0.4, 0.5) is 0 Å². The molecule has 2 aliphatic rings. The topological polar surface area (TPSA) is 70.8 Å². The van der Waals surface area contributed by atoms with Crippen molar-refractivity contribution in [3.05, 3.63) is 65.6 Å². The van der Waals surface area contributed by atoms with Crippen LogP contribution >= 0.6 is 0 Å². The smallest absolute Gasteiger partial charge is 0.259 e. The minimum atomic E-state index is -0.0160. The van der Waals surface area contributed by atoms with E-state index in [1.807, 2.05) is 36.2 Å². The molecule has 7 nitrogen and oxygen atoms in total. The van der Waals surface area contributed by atoms with Crippen molar-refractivity contribution < 1.29 is 9.59 Å². The number of amides is 2. The number of rotatable bonds is 4. The molecule has 2 fully saturated rings. The van der Waals surface area contributed by atoms with Crippen molar-refractivity contribution in [3.8, 4) is 0 Å². The molecule has 0 N–H and O–H groups in total. The van der Waals surface area contributed by atoms with E-state index in [9.17, 15) is 9.59 Å². The lowest BCUT2D eigenvalue weighted by molar-refractivity contribution is -0.137. The molecule has 4 heterocycles. The molecule has 2 saturated heterocycles. The van der Waals surface area contributed by atoms with Gasteiger partial charge in [0, 0.05) is 44.5 Å². The zero-order chi connectivity index (χ0) is 22.8. The summed E-state index contributed by atoms with van der Waals surface area (Å²) in [5, 5.41) is 4.30. The summed E-state index contributed by atoms with van der Waals surface area (Å²) in [6.07, 6.45) is 10.1. The summed E-state index contributed by atoms with van der Waals surface area (Å²) < 4.78 is 1.67. The van der Waals surface area contributed by atoms with Gasteiger partial charge in [-0.25, -0.2) is 9.50 Å². The zero-order valence-corrected chi connectivity index (χ0v) is 19.2. The van der Waals surface area contributed by atoms with E-state index >= 15 is 0 Å². The molecule has 2 amide bonds. The molecule has 7 heteroatoms. The number of benzene rings is 1. The molecule has 2 aliphatic heterocycles. The number of aryl methyl sites for hydroxylation is 1. The Hall–Kier alpha value is -3.22. The van der Waals surface area contributed by atoms with E-state index in [1.165, 1.54) is 5.56 Å². The Morgan fingerprint density at radius 2 is 1.82 bits per heavy atom. The molecule has 1 aromatic carbocycles. The van der Waals surface area contributed by atoms with Crippen LogP contribution in [0.1, 0.15) is 53.6 Å². The van der Waals surface area contributed by atoms with Gasteiger partial charge in [-0.15, -0.1) is 0 Å². The molecule has 0 radical (unpaired) electrons. The van der Waals surface area contributed by atoms with E-state index in [-0.39, 0.29) is 11.8 Å². The van der Waals surface area contributed by atoms with Gasteiger partial charge in [-0.1, -0.05) is 36.8 Å². The average molecular weight is 446 g/mol.